The van der Waals surface area contributed by atoms with Crippen LogP contribution in [0.4, 0.5) is 0 Å². The number of para-hydroxylation sites is 1. The van der Waals surface area contributed by atoms with E-state index in [9.17, 15) is 4.79 Å². The van der Waals surface area contributed by atoms with Crippen LogP contribution in [0.5, 0.6) is 11.5 Å². The van der Waals surface area contributed by atoms with Crippen molar-refractivity contribution >= 4 is 5.78 Å². The van der Waals surface area contributed by atoms with Crippen molar-refractivity contribution < 1.29 is 14.3 Å². The van der Waals surface area contributed by atoms with Crippen molar-refractivity contribution in [2.24, 2.45) is 0 Å². The fourth-order valence-corrected chi connectivity index (χ4v) is 2.80. The van der Waals surface area contributed by atoms with Crippen LogP contribution in [0, 0.1) is 0 Å². The fraction of sp³-hybridized carbons (Fsp3) is 0.278. The highest BCUT2D eigenvalue weighted by atomic mass is 16.5. The maximum Gasteiger partial charge on any atom is 0.160 e. The third kappa shape index (κ3) is 2.64. The number of ketones is 1. The molecule has 3 heteroatoms. The molecule has 108 valence electrons. The number of ether oxygens (including phenoxy) is 2. The molecule has 1 aliphatic heterocycles. The van der Waals surface area contributed by atoms with Gasteiger partial charge in [-0.2, -0.15) is 0 Å². The van der Waals surface area contributed by atoms with Gasteiger partial charge in [-0.15, -0.1) is 0 Å². The highest BCUT2D eigenvalue weighted by Gasteiger charge is 2.24. The standard InChI is InChI=1S/C18H18O3/c1-12(19)15-9-8-14(20-2)11-16(15)18-10-7-13-5-3-4-6-17(13)21-18/h3-6,8-9,11,18H,7,10H2,1-2H3/t18-/m0/s1. The summed E-state index contributed by atoms with van der Waals surface area (Å²) < 4.78 is 11.4. The van der Waals surface area contributed by atoms with E-state index in [4.69, 9.17) is 9.47 Å². The van der Waals surface area contributed by atoms with E-state index < -0.39 is 0 Å². The van der Waals surface area contributed by atoms with Crippen LogP contribution in [-0.4, -0.2) is 12.9 Å². The molecule has 0 bridgehead atoms. The fourth-order valence-electron chi connectivity index (χ4n) is 2.80. The maximum atomic E-state index is 11.9. The summed E-state index contributed by atoms with van der Waals surface area (Å²) in [4.78, 5) is 11.9. The van der Waals surface area contributed by atoms with Crippen molar-refractivity contribution in [3.05, 3.63) is 59.2 Å². The van der Waals surface area contributed by atoms with Gasteiger partial charge in [-0.25, -0.2) is 0 Å². The largest absolute Gasteiger partial charge is 0.497 e. The zero-order chi connectivity index (χ0) is 14.8. The quantitative estimate of drug-likeness (QED) is 0.799. The zero-order valence-corrected chi connectivity index (χ0v) is 12.3. The van der Waals surface area contributed by atoms with Crippen LogP contribution in [0.2, 0.25) is 0 Å². The number of methoxy groups -OCH3 is 1. The van der Waals surface area contributed by atoms with Crippen molar-refractivity contribution in [3.63, 3.8) is 0 Å². The molecule has 3 rings (SSSR count). The number of aryl methyl sites for hydroxylation is 1. The number of rotatable bonds is 3. The molecule has 0 aromatic heterocycles. The Labute approximate surface area is 124 Å². The smallest absolute Gasteiger partial charge is 0.160 e. The van der Waals surface area contributed by atoms with Gasteiger partial charge < -0.3 is 9.47 Å². The number of hydrogen-bond acceptors (Lipinski definition) is 3. The van der Waals surface area contributed by atoms with Crippen LogP contribution in [0.1, 0.15) is 40.9 Å². The molecule has 0 amide bonds. The molecule has 3 nitrogen and oxygen atoms in total. The number of Topliss-reactive ketones (excluding diaryl/α,β-unsaturated/α-hetero) is 1. The van der Waals surface area contributed by atoms with E-state index in [0.29, 0.717) is 5.56 Å². The predicted octanol–water partition coefficient (Wildman–Crippen LogP) is 3.96. The lowest BCUT2D eigenvalue weighted by molar-refractivity contribution is 0.101. The second kappa shape index (κ2) is 5.60. The molecule has 1 atom stereocenters. The molecule has 1 heterocycles. The van der Waals surface area contributed by atoms with E-state index in [1.54, 1.807) is 14.0 Å². The van der Waals surface area contributed by atoms with Gasteiger partial charge in [0.05, 0.1) is 7.11 Å². The van der Waals surface area contributed by atoms with Crippen molar-refractivity contribution in [1.82, 2.24) is 0 Å². The Morgan fingerprint density at radius 2 is 2.05 bits per heavy atom. The van der Waals surface area contributed by atoms with E-state index in [1.165, 1.54) is 5.56 Å². The summed E-state index contributed by atoms with van der Waals surface area (Å²) in [6.07, 6.45) is 1.72. The molecule has 0 fully saturated rings. The van der Waals surface area contributed by atoms with Crippen LogP contribution >= 0.6 is 0 Å². The SMILES string of the molecule is COc1ccc(C(C)=O)c([C@@H]2CCc3ccccc3O2)c1. The van der Waals surface area contributed by atoms with Gasteiger partial charge in [-0.05, 0) is 49.6 Å². The molecule has 0 unspecified atom stereocenters. The van der Waals surface area contributed by atoms with Crippen LogP contribution in [0.25, 0.3) is 0 Å². The average Bonchev–Trinajstić information content (AvgIpc) is 2.53. The number of hydrogen-bond donors (Lipinski definition) is 0. The summed E-state index contributed by atoms with van der Waals surface area (Å²) in [7, 11) is 1.63. The van der Waals surface area contributed by atoms with Gasteiger partial charge >= 0.3 is 0 Å². The Hall–Kier alpha value is -2.29. The minimum atomic E-state index is -0.103. The Kier molecular flexibility index (Phi) is 3.65. The van der Waals surface area contributed by atoms with Crippen LogP contribution in [0.3, 0.4) is 0 Å². The van der Waals surface area contributed by atoms with Gasteiger partial charge in [-0.1, -0.05) is 18.2 Å². The number of benzene rings is 2. The van der Waals surface area contributed by atoms with Gasteiger partial charge in [0.2, 0.25) is 0 Å². The first-order chi connectivity index (χ1) is 10.2. The number of carbonyl (C=O) groups is 1. The Morgan fingerprint density at radius 1 is 1.24 bits per heavy atom. The number of fused-ring (bicyclic) bond motifs is 1. The van der Waals surface area contributed by atoms with Crippen molar-refractivity contribution in [2.45, 2.75) is 25.9 Å². The minimum Gasteiger partial charge on any atom is -0.497 e. The Morgan fingerprint density at radius 3 is 2.81 bits per heavy atom. The van der Waals surface area contributed by atoms with Gasteiger partial charge in [0.1, 0.15) is 17.6 Å². The molecular weight excluding hydrogens is 264 g/mol. The summed E-state index contributed by atoms with van der Waals surface area (Å²) in [5.41, 5.74) is 2.84. The maximum absolute atomic E-state index is 11.9. The number of carbonyl (C=O) groups excluding carboxylic acids is 1. The van der Waals surface area contributed by atoms with E-state index in [-0.39, 0.29) is 11.9 Å². The third-order valence-electron chi connectivity index (χ3n) is 3.90. The van der Waals surface area contributed by atoms with Crippen LogP contribution in [-0.2, 0) is 6.42 Å². The van der Waals surface area contributed by atoms with E-state index in [1.807, 2.05) is 36.4 Å². The second-order valence-corrected chi connectivity index (χ2v) is 5.26. The molecule has 0 spiro atoms. The first-order valence-electron chi connectivity index (χ1n) is 7.12. The lowest BCUT2D eigenvalue weighted by atomic mass is 9.93. The normalized spacial score (nSPS) is 16.8. The molecule has 0 saturated heterocycles. The Bertz CT molecular complexity index is 676. The topological polar surface area (TPSA) is 35.5 Å². The predicted molar refractivity (Wildman–Crippen MR) is 81.1 cm³/mol. The lowest BCUT2D eigenvalue weighted by Gasteiger charge is -2.27. The van der Waals surface area contributed by atoms with Crippen LogP contribution < -0.4 is 9.47 Å². The summed E-state index contributed by atoms with van der Waals surface area (Å²) in [6.45, 7) is 1.59. The third-order valence-corrected chi connectivity index (χ3v) is 3.90. The Balaban J connectivity index is 1.99. The first-order valence-corrected chi connectivity index (χ1v) is 7.12. The lowest BCUT2D eigenvalue weighted by Crippen LogP contribution is -2.17. The molecule has 0 N–H and O–H groups in total. The molecule has 2 aromatic carbocycles. The summed E-state index contributed by atoms with van der Waals surface area (Å²) in [5.74, 6) is 1.71. The zero-order valence-electron chi connectivity index (χ0n) is 12.3. The van der Waals surface area contributed by atoms with Gasteiger partial charge in [0, 0.05) is 11.1 Å². The molecule has 0 radical (unpaired) electrons. The van der Waals surface area contributed by atoms with Gasteiger partial charge in [-0.3, -0.25) is 4.79 Å². The molecule has 2 aromatic rings. The van der Waals surface area contributed by atoms with Gasteiger partial charge in [0.15, 0.2) is 5.78 Å². The molecule has 1 aliphatic rings. The first kappa shape index (κ1) is 13.7. The van der Waals surface area contributed by atoms with E-state index >= 15 is 0 Å². The van der Waals surface area contributed by atoms with Gasteiger partial charge in [0.25, 0.3) is 0 Å². The minimum absolute atomic E-state index is 0.0510. The molecule has 0 saturated carbocycles. The molecule has 21 heavy (non-hydrogen) atoms. The van der Waals surface area contributed by atoms with Crippen molar-refractivity contribution in [1.29, 1.82) is 0 Å². The monoisotopic (exact) mass is 282 g/mol. The summed E-state index contributed by atoms with van der Waals surface area (Å²) >= 11 is 0. The average molecular weight is 282 g/mol. The van der Waals surface area contributed by atoms with Crippen molar-refractivity contribution in [2.75, 3.05) is 7.11 Å². The second-order valence-electron chi connectivity index (χ2n) is 5.26. The molecule has 0 aliphatic carbocycles. The highest BCUT2D eigenvalue weighted by molar-refractivity contribution is 5.95. The summed E-state index contributed by atoms with van der Waals surface area (Å²) in [6, 6.07) is 13.6. The highest BCUT2D eigenvalue weighted by Crippen LogP contribution is 2.37. The summed E-state index contributed by atoms with van der Waals surface area (Å²) in [5, 5.41) is 0. The van der Waals surface area contributed by atoms with Crippen LogP contribution in [0.15, 0.2) is 42.5 Å². The van der Waals surface area contributed by atoms with E-state index in [2.05, 4.69) is 6.07 Å². The molecular formula is C18H18O3. The van der Waals surface area contributed by atoms with E-state index in [0.717, 1.165) is 29.9 Å². The van der Waals surface area contributed by atoms with Crippen molar-refractivity contribution in [3.8, 4) is 11.5 Å².